The molecule has 0 fully saturated rings. The Morgan fingerprint density at radius 1 is 1.17 bits per heavy atom. The van der Waals surface area contributed by atoms with Crippen molar-refractivity contribution in [3.63, 3.8) is 0 Å². The van der Waals surface area contributed by atoms with E-state index in [9.17, 15) is 0 Å². The van der Waals surface area contributed by atoms with Crippen molar-refractivity contribution in [3.05, 3.63) is 35.4 Å². The highest BCUT2D eigenvalue weighted by molar-refractivity contribution is 7.80. The third kappa shape index (κ3) is 1.50. The molecule has 0 aliphatic carbocycles. The highest BCUT2D eigenvalue weighted by atomic mass is 32.1. The maximum Gasteiger partial charge on any atom is 0.0240 e. The van der Waals surface area contributed by atoms with Gasteiger partial charge in [0.2, 0.25) is 0 Å². The van der Waals surface area contributed by atoms with Gasteiger partial charge in [-0.2, -0.15) is 12.6 Å². The van der Waals surface area contributed by atoms with Gasteiger partial charge < -0.3 is 0 Å². The molecule has 0 spiro atoms. The van der Waals surface area contributed by atoms with Gasteiger partial charge in [-0.05, 0) is 11.1 Å². The molecule has 0 unspecified atom stereocenters. The molecule has 0 bridgehead atoms. The summed E-state index contributed by atoms with van der Waals surface area (Å²) in [7, 11) is 0. The Bertz CT molecular complexity index is 247. The number of nitrogens with zero attached hydrogens (tertiary/aromatic N) is 1. The van der Waals surface area contributed by atoms with Gasteiger partial charge in [0.05, 0.1) is 0 Å². The predicted molar refractivity (Wildman–Crippen MR) is 54.4 cm³/mol. The Hall–Kier alpha value is -0.470. The molecule has 1 aliphatic heterocycles. The molecule has 2 heteroatoms. The van der Waals surface area contributed by atoms with Crippen molar-refractivity contribution < 1.29 is 0 Å². The molecule has 0 amide bonds. The fraction of sp³-hybridized carbons (Fsp3) is 0.400. The molecule has 1 heterocycles. The molecule has 1 aliphatic rings. The van der Waals surface area contributed by atoms with Crippen LogP contribution in [0.4, 0.5) is 0 Å². The number of hydrogen-bond donors (Lipinski definition) is 1. The fourth-order valence-corrected chi connectivity index (χ4v) is 1.99. The summed E-state index contributed by atoms with van der Waals surface area (Å²) < 4.78 is 0. The molecule has 0 saturated carbocycles. The van der Waals surface area contributed by atoms with E-state index >= 15 is 0 Å². The zero-order chi connectivity index (χ0) is 8.39. The van der Waals surface area contributed by atoms with E-state index in [1.807, 2.05) is 0 Å². The molecule has 0 atom stereocenters. The van der Waals surface area contributed by atoms with Gasteiger partial charge in [0.1, 0.15) is 0 Å². The van der Waals surface area contributed by atoms with Crippen LogP contribution >= 0.6 is 12.6 Å². The quantitative estimate of drug-likeness (QED) is 0.679. The molecular weight excluding hydrogens is 166 g/mol. The van der Waals surface area contributed by atoms with Crippen molar-refractivity contribution in [1.29, 1.82) is 0 Å². The van der Waals surface area contributed by atoms with Crippen LogP contribution in [0.1, 0.15) is 11.1 Å². The Labute approximate surface area is 78.8 Å². The molecule has 0 radical (unpaired) electrons. The summed E-state index contributed by atoms with van der Waals surface area (Å²) in [5.41, 5.74) is 2.97. The molecule has 0 N–H and O–H groups in total. The zero-order valence-corrected chi connectivity index (χ0v) is 7.93. The lowest BCUT2D eigenvalue weighted by Crippen LogP contribution is -2.18. The van der Waals surface area contributed by atoms with Crippen molar-refractivity contribution in [2.45, 2.75) is 13.1 Å². The van der Waals surface area contributed by atoms with Crippen LogP contribution in [0.15, 0.2) is 24.3 Å². The average molecular weight is 179 g/mol. The normalized spacial score (nSPS) is 16.4. The van der Waals surface area contributed by atoms with Crippen LogP contribution in [0.25, 0.3) is 0 Å². The van der Waals surface area contributed by atoms with Crippen LogP contribution in [-0.4, -0.2) is 17.2 Å². The molecule has 1 aromatic rings. The Balaban J connectivity index is 2.11. The minimum atomic E-state index is 0.952. The van der Waals surface area contributed by atoms with Crippen LogP contribution in [0, 0.1) is 0 Å². The lowest BCUT2D eigenvalue weighted by Gasteiger charge is -2.11. The SMILES string of the molecule is SCCN1Cc2ccccc2C1. The van der Waals surface area contributed by atoms with Crippen molar-refractivity contribution in [2.75, 3.05) is 12.3 Å². The first-order chi connectivity index (χ1) is 5.90. The number of fused-ring (bicyclic) bond motifs is 1. The van der Waals surface area contributed by atoms with Gasteiger partial charge in [0.25, 0.3) is 0 Å². The summed E-state index contributed by atoms with van der Waals surface area (Å²) in [5, 5.41) is 0. The summed E-state index contributed by atoms with van der Waals surface area (Å²) in [6, 6.07) is 8.66. The number of thiol groups is 1. The standard InChI is InChI=1S/C10H13NS/c12-6-5-11-7-9-3-1-2-4-10(9)8-11/h1-4,12H,5-8H2. The lowest BCUT2D eigenvalue weighted by atomic mass is 10.1. The lowest BCUT2D eigenvalue weighted by molar-refractivity contribution is 0.304. The minimum Gasteiger partial charge on any atom is -0.294 e. The van der Waals surface area contributed by atoms with E-state index in [2.05, 4.69) is 41.8 Å². The summed E-state index contributed by atoms with van der Waals surface area (Å²) in [6.45, 7) is 3.31. The topological polar surface area (TPSA) is 3.24 Å². The second-order valence-electron chi connectivity index (χ2n) is 3.20. The highest BCUT2D eigenvalue weighted by Crippen LogP contribution is 2.21. The molecule has 64 valence electrons. The summed E-state index contributed by atoms with van der Waals surface area (Å²) >= 11 is 4.23. The summed E-state index contributed by atoms with van der Waals surface area (Å²) in [5.74, 6) is 0.952. The molecule has 1 nitrogen and oxygen atoms in total. The van der Waals surface area contributed by atoms with Crippen LogP contribution in [-0.2, 0) is 13.1 Å². The predicted octanol–water partition coefficient (Wildman–Crippen LogP) is 1.93. The van der Waals surface area contributed by atoms with Crippen LogP contribution in [0.5, 0.6) is 0 Å². The van der Waals surface area contributed by atoms with E-state index in [0.29, 0.717) is 0 Å². The number of benzene rings is 1. The Morgan fingerprint density at radius 2 is 1.75 bits per heavy atom. The first-order valence-corrected chi connectivity index (χ1v) is 4.93. The van der Waals surface area contributed by atoms with Crippen molar-refractivity contribution >= 4 is 12.6 Å². The van der Waals surface area contributed by atoms with Crippen molar-refractivity contribution in [3.8, 4) is 0 Å². The Kier molecular flexibility index (Phi) is 2.38. The number of hydrogen-bond acceptors (Lipinski definition) is 2. The van der Waals surface area contributed by atoms with Crippen LogP contribution in [0.2, 0.25) is 0 Å². The summed E-state index contributed by atoms with van der Waals surface area (Å²) in [6.07, 6.45) is 0. The molecule has 1 aromatic carbocycles. The van der Waals surface area contributed by atoms with Crippen LogP contribution in [0.3, 0.4) is 0 Å². The fourth-order valence-electron chi connectivity index (χ4n) is 1.70. The van der Waals surface area contributed by atoms with E-state index in [0.717, 1.165) is 25.4 Å². The molecule has 2 rings (SSSR count). The largest absolute Gasteiger partial charge is 0.294 e. The highest BCUT2D eigenvalue weighted by Gasteiger charge is 2.16. The van der Waals surface area contributed by atoms with Gasteiger partial charge in [-0.25, -0.2) is 0 Å². The summed E-state index contributed by atoms with van der Waals surface area (Å²) in [4.78, 5) is 2.43. The van der Waals surface area contributed by atoms with Gasteiger partial charge >= 0.3 is 0 Å². The molecule has 0 saturated heterocycles. The van der Waals surface area contributed by atoms with Crippen molar-refractivity contribution in [2.24, 2.45) is 0 Å². The minimum absolute atomic E-state index is 0.952. The molecule has 0 aromatic heterocycles. The van der Waals surface area contributed by atoms with E-state index in [-0.39, 0.29) is 0 Å². The van der Waals surface area contributed by atoms with E-state index < -0.39 is 0 Å². The van der Waals surface area contributed by atoms with Crippen molar-refractivity contribution in [1.82, 2.24) is 4.90 Å². The van der Waals surface area contributed by atoms with E-state index in [1.165, 1.54) is 11.1 Å². The van der Waals surface area contributed by atoms with Gasteiger partial charge in [0.15, 0.2) is 0 Å². The molecule has 12 heavy (non-hydrogen) atoms. The third-order valence-corrected chi connectivity index (χ3v) is 2.52. The number of rotatable bonds is 2. The van der Waals surface area contributed by atoms with E-state index in [4.69, 9.17) is 0 Å². The maximum atomic E-state index is 4.23. The zero-order valence-electron chi connectivity index (χ0n) is 7.03. The van der Waals surface area contributed by atoms with Crippen LogP contribution < -0.4 is 0 Å². The monoisotopic (exact) mass is 179 g/mol. The van der Waals surface area contributed by atoms with Gasteiger partial charge in [-0.15, -0.1) is 0 Å². The third-order valence-electron chi connectivity index (χ3n) is 2.32. The van der Waals surface area contributed by atoms with Gasteiger partial charge in [-0.3, -0.25) is 4.90 Å². The first-order valence-electron chi connectivity index (χ1n) is 4.30. The second-order valence-corrected chi connectivity index (χ2v) is 3.65. The first kappa shape index (κ1) is 8.14. The van der Waals surface area contributed by atoms with Gasteiger partial charge in [0, 0.05) is 25.4 Å². The average Bonchev–Trinajstić information content (AvgIpc) is 2.47. The second kappa shape index (κ2) is 3.50. The van der Waals surface area contributed by atoms with E-state index in [1.54, 1.807) is 0 Å². The van der Waals surface area contributed by atoms with Gasteiger partial charge in [-0.1, -0.05) is 24.3 Å². The smallest absolute Gasteiger partial charge is 0.0240 e. The maximum absolute atomic E-state index is 4.23. The Morgan fingerprint density at radius 3 is 2.25 bits per heavy atom. The molecular formula is C10H13NS.